The number of likely N-dealkylation sites (N-methyl/N-ethyl adjacent to an activating group) is 1. The zero-order chi connectivity index (χ0) is 25.7. The van der Waals surface area contributed by atoms with Crippen LogP contribution in [-0.4, -0.2) is 65.5 Å². The molecule has 188 valence electrons. The van der Waals surface area contributed by atoms with E-state index < -0.39 is 6.04 Å². The van der Waals surface area contributed by atoms with Crippen molar-refractivity contribution in [3.8, 4) is 0 Å². The predicted molar refractivity (Wildman–Crippen MR) is 148 cm³/mol. The first-order valence-corrected chi connectivity index (χ1v) is 13.6. The number of hydrogen-bond acceptors (Lipinski definition) is 4. The molecule has 1 heterocycles. The summed E-state index contributed by atoms with van der Waals surface area (Å²) >= 11 is 13.9. The van der Waals surface area contributed by atoms with E-state index in [1.54, 1.807) is 34.9 Å². The van der Waals surface area contributed by atoms with Crippen LogP contribution in [0, 0.1) is 0 Å². The number of thioether (sulfide) groups is 1. The molecule has 0 radical (unpaired) electrons. The van der Waals surface area contributed by atoms with Crippen LogP contribution >= 0.6 is 35.0 Å². The lowest BCUT2D eigenvalue weighted by atomic mass is 10.1. The second-order valence-electron chi connectivity index (χ2n) is 9.00. The summed E-state index contributed by atoms with van der Waals surface area (Å²) < 4.78 is 0. The van der Waals surface area contributed by atoms with Gasteiger partial charge in [0.2, 0.25) is 5.91 Å². The molecular formula is C28H29Cl2N3O2S. The standard InChI is InChI=1S/C28H29Cl2N3O2S/c1-31(2)15-16-32(18-20-9-5-3-6-10-20)27(35)25-19-36-28(21-11-7-4-8-12-21)33(25)26(34)22-13-14-23(29)24(30)17-22/h3-14,17,25,28H,15-16,18-19H2,1-2H3. The summed E-state index contributed by atoms with van der Waals surface area (Å²) in [5.74, 6) is 0.219. The molecule has 1 aliphatic rings. The first-order chi connectivity index (χ1) is 17.3. The lowest BCUT2D eigenvalue weighted by Gasteiger charge is -2.33. The van der Waals surface area contributed by atoms with E-state index in [4.69, 9.17) is 23.2 Å². The molecule has 0 spiro atoms. The van der Waals surface area contributed by atoms with E-state index in [1.165, 1.54) is 0 Å². The molecule has 2 amide bonds. The number of carbonyl (C=O) groups excluding carboxylic acids is 2. The van der Waals surface area contributed by atoms with E-state index in [0.717, 1.165) is 17.7 Å². The quantitative estimate of drug-likeness (QED) is 0.359. The summed E-state index contributed by atoms with van der Waals surface area (Å²) in [6.07, 6.45) is 0. The molecule has 0 saturated carbocycles. The maximum atomic E-state index is 14.1. The number of carbonyl (C=O) groups is 2. The first kappa shape index (κ1) is 26.6. The Kier molecular flexibility index (Phi) is 8.96. The van der Waals surface area contributed by atoms with Gasteiger partial charge in [0.05, 0.1) is 10.0 Å². The van der Waals surface area contributed by atoms with Gasteiger partial charge in [-0.15, -0.1) is 11.8 Å². The fraction of sp³-hybridized carbons (Fsp3) is 0.286. The van der Waals surface area contributed by atoms with Crippen molar-refractivity contribution < 1.29 is 9.59 Å². The van der Waals surface area contributed by atoms with Gasteiger partial charge >= 0.3 is 0 Å². The minimum atomic E-state index is -0.604. The largest absolute Gasteiger partial charge is 0.335 e. The van der Waals surface area contributed by atoms with Gasteiger partial charge in [0.1, 0.15) is 11.4 Å². The molecule has 1 saturated heterocycles. The molecule has 0 aliphatic carbocycles. The van der Waals surface area contributed by atoms with Gasteiger partial charge in [-0.3, -0.25) is 9.59 Å². The molecule has 3 aromatic rings. The lowest BCUT2D eigenvalue weighted by Crippen LogP contribution is -2.50. The second kappa shape index (κ2) is 12.2. The minimum Gasteiger partial charge on any atom is -0.335 e. The zero-order valence-corrected chi connectivity index (χ0v) is 22.6. The highest BCUT2D eigenvalue weighted by molar-refractivity contribution is 7.99. The van der Waals surface area contributed by atoms with Crippen molar-refractivity contribution in [1.82, 2.24) is 14.7 Å². The molecule has 8 heteroatoms. The van der Waals surface area contributed by atoms with Crippen LogP contribution in [0.5, 0.6) is 0 Å². The van der Waals surface area contributed by atoms with E-state index >= 15 is 0 Å². The van der Waals surface area contributed by atoms with Crippen LogP contribution < -0.4 is 0 Å². The molecule has 36 heavy (non-hydrogen) atoms. The van der Waals surface area contributed by atoms with Crippen LogP contribution in [0.1, 0.15) is 26.9 Å². The van der Waals surface area contributed by atoms with Crippen molar-refractivity contribution in [1.29, 1.82) is 0 Å². The third-order valence-electron chi connectivity index (χ3n) is 6.12. The third-order valence-corrected chi connectivity index (χ3v) is 8.18. The van der Waals surface area contributed by atoms with Gasteiger partial charge in [-0.05, 0) is 43.4 Å². The molecule has 0 aromatic heterocycles. The molecule has 1 fully saturated rings. The Morgan fingerprint density at radius 2 is 1.58 bits per heavy atom. The summed E-state index contributed by atoms with van der Waals surface area (Å²) in [5, 5.41) is 0.411. The molecule has 4 rings (SSSR count). The maximum Gasteiger partial charge on any atom is 0.255 e. The van der Waals surface area contributed by atoms with Crippen LogP contribution in [0.25, 0.3) is 0 Å². The fourth-order valence-corrected chi connectivity index (χ4v) is 5.92. The van der Waals surface area contributed by atoms with Crippen LogP contribution in [-0.2, 0) is 11.3 Å². The molecule has 2 unspecified atom stereocenters. The van der Waals surface area contributed by atoms with Gasteiger partial charge in [-0.1, -0.05) is 83.9 Å². The number of rotatable bonds is 8. The van der Waals surface area contributed by atoms with Crippen LogP contribution in [0.4, 0.5) is 0 Å². The van der Waals surface area contributed by atoms with Crippen molar-refractivity contribution in [2.75, 3.05) is 32.9 Å². The summed E-state index contributed by atoms with van der Waals surface area (Å²) in [7, 11) is 3.98. The van der Waals surface area contributed by atoms with E-state index in [-0.39, 0.29) is 17.2 Å². The van der Waals surface area contributed by atoms with Crippen molar-refractivity contribution in [2.24, 2.45) is 0 Å². The molecule has 2 atom stereocenters. The maximum absolute atomic E-state index is 14.1. The van der Waals surface area contributed by atoms with Gasteiger partial charge in [0.25, 0.3) is 5.91 Å². The Balaban J connectivity index is 1.68. The van der Waals surface area contributed by atoms with Crippen LogP contribution in [0.2, 0.25) is 10.0 Å². The number of benzene rings is 3. The van der Waals surface area contributed by atoms with E-state index in [0.29, 0.717) is 34.5 Å². The Bertz CT molecular complexity index is 1190. The average Bonchev–Trinajstić information content (AvgIpc) is 3.33. The van der Waals surface area contributed by atoms with Crippen LogP contribution in [0.3, 0.4) is 0 Å². The summed E-state index contributed by atoms with van der Waals surface area (Å²) in [6, 6.07) is 24.0. The van der Waals surface area contributed by atoms with Gasteiger partial charge in [-0.2, -0.15) is 0 Å². The van der Waals surface area contributed by atoms with Crippen molar-refractivity contribution in [3.63, 3.8) is 0 Å². The van der Waals surface area contributed by atoms with Gasteiger partial charge in [0.15, 0.2) is 0 Å². The topological polar surface area (TPSA) is 43.9 Å². The van der Waals surface area contributed by atoms with Crippen molar-refractivity contribution in [2.45, 2.75) is 18.0 Å². The Labute approximate surface area is 227 Å². The van der Waals surface area contributed by atoms with Gasteiger partial charge < -0.3 is 14.7 Å². The summed E-state index contributed by atoms with van der Waals surface area (Å²) in [4.78, 5) is 33.6. The van der Waals surface area contributed by atoms with Crippen molar-refractivity contribution in [3.05, 3.63) is 106 Å². The monoisotopic (exact) mass is 541 g/mol. The summed E-state index contributed by atoms with van der Waals surface area (Å²) in [6.45, 7) is 1.77. The normalized spacial score (nSPS) is 17.4. The number of halogens is 2. The Morgan fingerprint density at radius 1 is 0.917 bits per heavy atom. The highest BCUT2D eigenvalue weighted by atomic mass is 35.5. The SMILES string of the molecule is CN(C)CCN(Cc1ccccc1)C(=O)C1CSC(c2ccccc2)N1C(=O)c1ccc(Cl)c(Cl)c1. The Morgan fingerprint density at radius 3 is 2.22 bits per heavy atom. The fourth-order valence-electron chi connectivity index (χ4n) is 4.20. The van der Waals surface area contributed by atoms with Crippen LogP contribution in [0.15, 0.2) is 78.9 Å². The zero-order valence-electron chi connectivity index (χ0n) is 20.3. The first-order valence-electron chi connectivity index (χ1n) is 11.8. The molecule has 0 bridgehead atoms. The second-order valence-corrected chi connectivity index (χ2v) is 10.9. The molecule has 1 aliphatic heterocycles. The van der Waals surface area contributed by atoms with Gasteiger partial charge in [-0.25, -0.2) is 0 Å². The number of nitrogens with zero attached hydrogens (tertiary/aromatic N) is 3. The van der Waals surface area contributed by atoms with E-state index in [2.05, 4.69) is 4.90 Å². The lowest BCUT2D eigenvalue weighted by molar-refractivity contribution is -0.136. The predicted octanol–water partition coefficient (Wildman–Crippen LogP) is 5.84. The number of hydrogen-bond donors (Lipinski definition) is 0. The smallest absolute Gasteiger partial charge is 0.255 e. The van der Waals surface area contributed by atoms with E-state index in [1.807, 2.05) is 79.7 Å². The molecule has 0 N–H and O–H groups in total. The Hall–Kier alpha value is -2.51. The highest BCUT2D eigenvalue weighted by Crippen LogP contribution is 2.43. The molecular weight excluding hydrogens is 513 g/mol. The van der Waals surface area contributed by atoms with Gasteiger partial charge in [0, 0.05) is 31.0 Å². The molecule has 5 nitrogen and oxygen atoms in total. The molecule has 3 aromatic carbocycles. The van der Waals surface area contributed by atoms with Crippen molar-refractivity contribution >= 4 is 46.8 Å². The average molecular weight is 543 g/mol. The summed E-state index contributed by atoms with van der Waals surface area (Å²) in [5.41, 5.74) is 2.44. The number of amides is 2. The van der Waals surface area contributed by atoms with E-state index in [9.17, 15) is 9.59 Å². The minimum absolute atomic E-state index is 0.0555. The third kappa shape index (κ3) is 6.24. The highest BCUT2D eigenvalue weighted by Gasteiger charge is 2.44.